The van der Waals surface area contributed by atoms with Crippen molar-refractivity contribution >= 4 is 23.2 Å². The quantitative estimate of drug-likeness (QED) is 0.611. The Hall–Kier alpha value is -3.20. The molecule has 3 N–H and O–H groups in total. The Kier molecular flexibility index (Phi) is 4.98. The minimum atomic E-state index is -0.175. The minimum absolute atomic E-state index is 0.0398. The number of hydrogen-bond acceptors (Lipinski definition) is 8. The summed E-state index contributed by atoms with van der Waals surface area (Å²) < 4.78 is 5.72. The Labute approximate surface area is 200 Å². The molecule has 1 aromatic carbocycles. The van der Waals surface area contributed by atoms with E-state index in [1.165, 1.54) is 0 Å². The molecule has 1 aromatic rings. The van der Waals surface area contributed by atoms with Crippen molar-refractivity contribution in [1.29, 1.82) is 0 Å². The lowest BCUT2D eigenvalue weighted by atomic mass is 9.49. The van der Waals surface area contributed by atoms with E-state index in [4.69, 9.17) is 9.73 Å². The Morgan fingerprint density at radius 2 is 2.00 bits per heavy atom. The van der Waals surface area contributed by atoms with E-state index in [1.807, 2.05) is 32.4 Å². The van der Waals surface area contributed by atoms with Crippen LogP contribution in [0.5, 0.6) is 5.75 Å². The first-order valence-corrected chi connectivity index (χ1v) is 12.2. The van der Waals surface area contributed by atoms with Gasteiger partial charge in [-0.3, -0.25) is 4.79 Å². The average molecular weight is 464 g/mol. The van der Waals surface area contributed by atoms with Crippen molar-refractivity contribution in [3.8, 4) is 5.75 Å². The van der Waals surface area contributed by atoms with Crippen molar-refractivity contribution in [2.24, 2.45) is 10.9 Å². The molecule has 2 bridgehead atoms. The molecule has 0 radical (unpaired) electrons. The Morgan fingerprint density at radius 3 is 2.65 bits per heavy atom. The lowest BCUT2D eigenvalue weighted by Gasteiger charge is -2.67. The van der Waals surface area contributed by atoms with Gasteiger partial charge in [0.15, 0.2) is 6.17 Å². The summed E-state index contributed by atoms with van der Waals surface area (Å²) in [5.41, 5.74) is 3.89. The van der Waals surface area contributed by atoms with E-state index in [-0.39, 0.29) is 17.6 Å². The van der Waals surface area contributed by atoms with E-state index in [1.54, 1.807) is 12.0 Å². The summed E-state index contributed by atoms with van der Waals surface area (Å²) >= 11 is 0. The smallest absolute Gasteiger partial charge is 0.269 e. The van der Waals surface area contributed by atoms with Gasteiger partial charge in [-0.05, 0) is 43.4 Å². The Morgan fingerprint density at radius 1 is 1.24 bits per heavy atom. The minimum Gasteiger partial charge on any atom is -0.495 e. The van der Waals surface area contributed by atoms with Crippen LogP contribution in [-0.4, -0.2) is 80.8 Å². The largest absolute Gasteiger partial charge is 0.495 e. The second-order valence-corrected chi connectivity index (χ2v) is 10.2. The van der Waals surface area contributed by atoms with Gasteiger partial charge in [-0.15, -0.1) is 0 Å². The highest BCUT2D eigenvalue weighted by Gasteiger charge is 2.63. The molecular weight excluding hydrogens is 430 g/mol. The van der Waals surface area contributed by atoms with Gasteiger partial charge in [-0.2, -0.15) is 0 Å². The maximum absolute atomic E-state index is 13.0. The summed E-state index contributed by atoms with van der Waals surface area (Å²) in [6.07, 6.45) is 7.28. The van der Waals surface area contributed by atoms with Crippen molar-refractivity contribution in [3.05, 3.63) is 41.7 Å². The molecule has 0 spiro atoms. The molecular formula is C25H33N7O2. The Bertz CT molecular complexity index is 1090. The monoisotopic (exact) mass is 463 g/mol. The van der Waals surface area contributed by atoms with Gasteiger partial charge >= 0.3 is 0 Å². The lowest BCUT2D eigenvalue weighted by Crippen LogP contribution is -2.69. The number of carbonyl (C=O) groups is 1. The highest BCUT2D eigenvalue weighted by atomic mass is 16.5. The molecule has 3 aliphatic heterocycles. The molecule has 1 saturated heterocycles. The van der Waals surface area contributed by atoms with Crippen LogP contribution in [0.4, 0.5) is 11.4 Å². The number of methoxy groups -OCH3 is 1. The molecule has 9 nitrogen and oxygen atoms in total. The first-order valence-electron chi connectivity index (χ1n) is 12.2. The van der Waals surface area contributed by atoms with Gasteiger partial charge in [-0.1, -0.05) is 0 Å². The molecule has 6 aliphatic rings. The van der Waals surface area contributed by atoms with Crippen molar-refractivity contribution in [2.75, 3.05) is 57.6 Å². The van der Waals surface area contributed by atoms with Gasteiger partial charge in [0.25, 0.3) is 5.91 Å². The highest BCUT2D eigenvalue weighted by molar-refractivity contribution is 5.98. The van der Waals surface area contributed by atoms with Crippen LogP contribution in [0.25, 0.3) is 0 Å². The zero-order valence-electron chi connectivity index (χ0n) is 20.1. The average Bonchev–Trinajstić information content (AvgIpc) is 3.15. The number of rotatable bonds is 5. The maximum Gasteiger partial charge on any atom is 0.269 e. The topological polar surface area (TPSA) is 84.5 Å². The van der Waals surface area contributed by atoms with Crippen LogP contribution in [0, 0.1) is 5.92 Å². The first kappa shape index (κ1) is 21.3. The predicted molar refractivity (Wildman–Crippen MR) is 133 cm³/mol. The molecule has 1 amide bonds. The number of piperazine rings is 1. The third-order valence-corrected chi connectivity index (χ3v) is 7.77. The zero-order valence-corrected chi connectivity index (χ0v) is 20.1. The summed E-state index contributed by atoms with van der Waals surface area (Å²) in [6, 6.07) is 6.19. The third-order valence-electron chi connectivity index (χ3n) is 7.77. The van der Waals surface area contributed by atoms with E-state index < -0.39 is 0 Å². The number of amides is 1. The zero-order chi connectivity index (χ0) is 23.4. The van der Waals surface area contributed by atoms with Gasteiger partial charge in [0.05, 0.1) is 12.8 Å². The number of benzene rings is 1. The highest BCUT2D eigenvalue weighted by Crippen LogP contribution is 2.63. The molecule has 34 heavy (non-hydrogen) atoms. The molecule has 1 unspecified atom stereocenters. The number of hydrogen-bond donors (Lipinski definition) is 3. The number of fused-ring (bicyclic) bond motifs is 1. The van der Waals surface area contributed by atoms with Crippen molar-refractivity contribution in [1.82, 2.24) is 20.4 Å². The molecule has 0 aromatic heterocycles. The van der Waals surface area contributed by atoms with E-state index in [2.05, 4.69) is 37.9 Å². The van der Waals surface area contributed by atoms with Crippen LogP contribution in [0.3, 0.4) is 0 Å². The normalized spacial score (nSPS) is 29.0. The number of guanidine groups is 1. The molecule has 7 rings (SSSR count). The van der Waals surface area contributed by atoms with Crippen LogP contribution in [0.2, 0.25) is 0 Å². The number of aliphatic imine (C=N–C) groups is 1. The van der Waals surface area contributed by atoms with Crippen molar-refractivity contribution in [3.63, 3.8) is 0 Å². The fourth-order valence-corrected chi connectivity index (χ4v) is 5.91. The third kappa shape index (κ3) is 3.33. The second-order valence-electron chi connectivity index (χ2n) is 10.2. The summed E-state index contributed by atoms with van der Waals surface area (Å²) in [4.78, 5) is 24.3. The summed E-state index contributed by atoms with van der Waals surface area (Å²) in [6.45, 7) is 3.88. The standard InChI is InChI=1S/C25H33N7O2/c1-30(2)23(33)20-10-17-15-27-24(29-22(17)32(20)25-12-16(13-25)14-25)28-18-4-5-19(21(11-18)34-3)31-8-6-26-7-9-31/h4-5,10-11,15-16,22,26H,6-9,12-14H2,1-3H3,(H2,27,28,29). The first-order chi connectivity index (χ1) is 16.5. The second kappa shape index (κ2) is 7.94. The molecule has 4 fully saturated rings. The molecule has 3 saturated carbocycles. The van der Waals surface area contributed by atoms with Crippen LogP contribution in [-0.2, 0) is 4.79 Å². The molecule has 3 heterocycles. The van der Waals surface area contributed by atoms with Gasteiger partial charge in [0, 0.05) is 69.3 Å². The molecule has 9 heteroatoms. The summed E-state index contributed by atoms with van der Waals surface area (Å²) in [5, 5.41) is 10.1. The number of carbonyl (C=O) groups excluding carboxylic acids is 1. The number of nitrogens with zero attached hydrogens (tertiary/aromatic N) is 4. The Balaban J connectivity index is 1.24. The molecule has 1 atom stereocenters. The predicted octanol–water partition coefficient (Wildman–Crippen LogP) is 1.53. The lowest BCUT2D eigenvalue weighted by molar-refractivity contribution is -0.148. The van der Waals surface area contributed by atoms with E-state index in [0.717, 1.165) is 79.8 Å². The number of anilines is 2. The van der Waals surface area contributed by atoms with E-state index >= 15 is 0 Å². The van der Waals surface area contributed by atoms with Gasteiger partial charge in [-0.25, -0.2) is 4.99 Å². The fourth-order valence-electron chi connectivity index (χ4n) is 5.91. The summed E-state index contributed by atoms with van der Waals surface area (Å²) in [5.74, 6) is 2.37. The number of ether oxygens (including phenoxy) is 1. The van der Waals surface area contributed by atoms with Gasteiger partial charge in [0.1, 0.15) is 11.4 Å². The summed E-state index contributed by atoms with van der Waals surface area (Å²) in [7, 11) is 5.34. The molecule has 3 aliphatic carbocycles. The number of likely N-dealkylation sites (N-methyl/N-ethyl adjacent to an activating group) is 1. The van der Waals surface area contributed by atoms with Crippen LogP contribution in [0.15, 0.2) is 46.7 Å². The fraction of sp³-hybridized carbons (Fsp3) is 0.520. The number of nitrogens with one attached hydrogen (secondary N) is 3. The van der Waals surface area contributed by atoms with Crippen molar-refractivity contribution in [2.45, 2.75) is 31.0 Å². The van der Waals surface area contributed by atoms with Gasteiger partial charge in [0.2, 0.25) is 5.96 Å². The van der Waals surface area contributed by atoms with E-state index in [0.29, 0.717) is 5.96 Å². The van der Waals surface area contributed by atoms with Gasteiger partial charge < -0.3 is 35.4 Å². The van der Waals surface area contributed by atoms with Crippen LogP contribution in [0.1, 0.15) is 19.3 Å². The molecule has 180 valence electrons. The van der Waals surface area contributed by atoms with Crippen molar-refractivity contribution < 1.29 is 9.53 Å². The van der Waals surface area contributed by atoms with E-state index in [9.17, 15) is 4.79 Å². The van der Waals surface area contributed by atoms with Crippen LogP contribution < -0.4 is 25.6 Å². The van der Waals surface area contributed by atoms with Crippen LogP contribution >= 0.6 is 0 Å². The SMILES string of the molecule is COc1cc(NC2=NC3C(=CN2)C=C(C(=O)N(C)C)N3C23CC(C2)C3)ccc1N1CCNCC1. The maximum atomic E-state index is 13.0.